The summed E-state index contributed by atoms with van der Waals surface area (Å²) >= 11 is 3.34. The van der Waals surface area contributed by atoms with Crippen molar-refractivity contribution in [3.05, 3.63) is 28.2 Å². The standard InChI is InChI=1S/C20H29BrN2O2/c1-14-5-8-23(13-14)17-6-9-22(10-7-17)20(25)15(2)11-16-3-4-19(24)18(21)12-16/h3-4,12,14-15,17,24H,5-11,13H2,1-2H3/t14-,15-/m1/s1. The van der Waals surface area contributed by atoms with Crippen molar-refractivity contribution in [1.29, 1.82) is 0 Å². The van der Waals surface area contributed by atoms with E-state index in [0.717, 1.165) is 37.4 Å². The van der Waals surface area contributed by atoms with Gasteiger partial charge in [0, 0.05) is 31.6 Å². The Morgan fingerprint density at radius 2 is 2.00 bits per heavy atom. The molecular formula is C20H29BrN2O2. The van der Waals surface area contributed by atoms with Crippen molar-refractivity contribution in [3.8, 4) is 5.75 Å². The molecule has 3 rings (SSSR count). The van der Waals surface area contributed by atoms with E-state index in [1.54, 1.807) is 6.07 Å². The second-order valence-electron chi connectivity index (χ2n) is 7.84. The molecule has 4 nitrogen and oxygen atoms in total. The van der Waals surface area contributed by atoms with E-state index in [1.807, 2.05) is 19.1 Å². The van der Waals surface area contributed by atoms with Gasteiger partial charge in [-0.3, -0.25) is 9.69 Å². The lowest BCUT2D eigenvalue weighted by molar-refractivity contribution is -0.136. The fraction of sp³-hybridized carbons (Fsp3) is 0.650. The van der Waals surface area contributed by atoms with E-state index in [2.05, 4.69) is 32.7 Å². The molecule has 2 fully saturated rings. The zero-order valence-corrected chi connectivity index (χ0v) is 16.8. The van der Waals surface area contributed by atoms with Crippen LogP contribution >= 0.6 is 15.9 Å². The minimum absolute atomic E-state index is 0.0280. The Morgan fingerprint density at radius 3 is 2.60 bits per heavy atom. The highest BCUT2D eigenvalue weighted by molar-refractivity contribution is 9.10. The summed E-state index contributed by atoms with van der Waals surface area (Å²) in [5, 5.41) is 9.60. The van der Waals surface area contributed by atoms with Gasteiger partial charge in [0.05, 0.1) is 4.47 Å². The van der Waals surface area contributed by atoms with Crippen molar-refractivity contribution in [2.75, 3.05) is 26.2 Å². The maximum atomic E-state index is 12.8. The first-order valence-electron chi connectivity index (χ1n) is 9.44. The van der Waals surface area contributed by atoms with E-state index >= 15 is 0 Å². The molecule has 1 aromatic rings. The number of benzene rings is 1. The minimum atomic E-state index is -0.0280. The molecule has 0 unspecified atom stereocenters. The first kappa shape index (κ1) is 18.7. The zero-order valence-electron chi connectivity index (χ0n) is 15.2. The first-order chi connectivity index (χ1) is 11.9. The molecule has 1 amide bonds. The third-order valence-corrected chi connectivity index (χ3v) is 6.36. The smallest absolute Gasteiger partial charge is 0.225 e. The van der Waals surface area contributed by atoms with E-state index in [0.29, 0.717) is 16.9 Å². The molecule has 2 aliphatic rings. The van der Waals surface area contributed by atoms with E-state index in [-0.39, 0.29) is 17.6 Å². The number of rotatable bonds is 4. The molecule has 0 bridgehead atoms. The van der Waals surface area contributed by atoms with Crippen LogP contribution < -0.4 is 0 Å². The molecule has 0 spiro atoms. The van der Waals surface area contributed by atoms with Crippen molar-refractivity contribution in [1.82, 2.24) is 9.80 Å². The molecule has 0 radical (unpaired) electrons. The predicted molar refractivity (Wildman–Crippen MR) is 104 cm³/mol. The molecule has 1 N–H and O–H groups in total. The number of phenols is 1. The van der Waals surface area contributed by atoms with Crippen molar-refractivity contribution >= 4 is 21.8 Å². The Kier molecular flexibility index (Phi) is 6.05. The summed E-state index contributed by atoms with van der Waals surface area (Å²) < 4.78 is 0.685. The molecule has 2 aliphatic heterocycles. The number of hydrogen-bond acceptors (Lipinski definition) is 3. The van der Waals surface area contributed by atoms with E-state index in [9.17, 15) is 9.90 Å². The monoisotopic (exact) mass is 408 g/mol. The maximum absolute atomic E-state index is 12.8. The van der Waals surface area contributed by atoms with E-state index in [4.69, 9.17) is 0 Å². The van der Waals surface area contributed by atoms with E-state index < -0.39 is 0 Å². The number of carbonyl (C=O) groups excluding carboxylic acids is 1. The van der Waals surface area contributed by atoms with Gasteiger partial charge in [-0.15, -0.1) is 0 Å². The predicted octanol–water partition coefficient (Wildman–Crippen LogP) is 3.67. The Hall–Kier alpha value is -1.07. The van der Waals surface area contributed by atoms with Crippen LogP contribution in [0.5, 0.6) is 5.75 Å². The Bertz CT molecular complexity index is 614. The molecular weight excluding hydrogens is 380 g/mol. The highest BCUT2D eigenvalue weighted by Gasteiger charge is 2.31. The third kappa shape index (κ3) is 4.56. The fourth-order valence-corrected chi connectivity index (χ4v) is 4.61. The van der Waals surface area contributed by atoms with Crippen molar-refractivity contribution < 1.29 is 9.90 Å². The van der Waals surface area contributed by atoms with Gasteiger partial charge in [-0.25, -0.2) is 0 Å². The quantitative estimate of drug-likeness (QED) is 0.826. The molecule has 0 aromatic heterocycles. The van der Waals surface area contributed by atoms with Gasteiger partial charge < -0.3 is 10.0 Å². The van der Waals surface area contributed by atoms with Gasteiger partial charge in [0.2, 0.25) is 5.91 Å². The van der Waals surface area contributed by atoms with Crippen LogP contribution in [0.4, 0.5) is 0 Å². The molecule has 0 saturated carbocycles. The Labute approximate surface area is 159 Å². The molecule has 0 aliphatic carbocycles. The highest BCUT2D eigenvalue weighted by atomic mass is 79.9. The second kappa shape index (κ2) is 8.09. The average molecular weight is 409 g/mol. The van der Waals surface area contributed by atoms with Gasteiger partial charge >= 0.3 is 0 Å². The van der Waals surface area contributed by atoms with Crippen LogP contribution in [0, 0.1) is 11.8 Å². The van der Waals surface area contributed by atoms with Crippen molar-refractivity contribution in [2.24, 2.45) is 11.8 Å². The van der Waals surface area contributed by atoms with Gasteiger partial charge in [-0.2, -0.15) is 0 Å². The summed E-state index contributed by atoms with van der Waals surface area (Å²) in [7, 11) is 0. The van der Waals surface area contributed by atoms with Crippen molar-refractivity contribution in [2.45, 2.75) is 45.6 Å². The maximum Gasteiger partial charge on any atom is 0.225 e. The molecule has 5 heteroatoms. The number of likely N-dealkylation sites (tertiary alicyclic amines) is 2. The molecule has 2 heterocycles. The fourth-order valence-electron chi connectivity index (χ4n) is 4.18. The summed E-state index contributed by atoms with van der Waals surface area (Å²) in [5.74, 6) is 1.29. The van der Waals surface area contributed by atoms with Gasteiger partial charge in [-0.05, 0) is 71.8 Å². The van der Waals surface area contributed by atoms with Crippen molar-refractivity contribution in [3.63, 3.8) is 0 Å². The Balaban J connectivity index is 1.50. The molecule has 2 saturated heterocycles. The van der Waals surface area contributed by atoms with Gasteiger partial charge in [0.1, 0.15) is 5.75 Å². The number of nitrogens with zero attached hydrogens (tertiary/aromatic N) is 2. The summed E-state index contributed by atoms with van der Waals surface area (Å²) in [6.45, 7) is 8.58. The summed E-state index contributed by atoms with van der Waals surface area (Å²) in [6, 6.07) is 6.14. The Morgan fingerprint density at radius 1 is 1.28 bits per heavy atom. The van der Waals surface area contributed by atoms with Gasteiger partial charge in [0.15, 0.2) is 0 Å². The van der Waals surface area contributed by atoms with Crippen LogP contribution in [-0.2, 0) is 11.2 Å². The largest absolute Gasteiger partial charge is 0.507 e. The molecule has 25 heavy (non-hydrogen) atoms. The second-order valence-corrected chi connectivity index (χ2v) is 8.69. The van der Waals surface area contributed by atoms with Crippen LogP contribution in [-0.4, -0.2) is 53.0 Å². The third-order valence-electron chi connectivity index (χ3n) is 5.72. The lowest BCUT2D eigenvalue weighted by atomic mass is 9.97. The van der Waals surface area contributed by atoms with Crippen LogP contribution in [0.1, 0.15) is 38.7 Å². The number of aromatic hydroxyl groups is 1. The first-order valence-corrected chi connectivity index (χ1v) is 10.2. The zero-order chi connectivity index (χ0) is 18.0. The lowest BCUT2D eigenvalue weighted by Crippen LogP contribution is -2.47. The van der Waals surface area contributed by atoms with Crippen LogP contribution in [0.15, 0.2) is 22.7 Å². The SMILES string of the molecule is C[C@@H]1CCN(C2CCN(C(=O)[C@H](C)Cc3ccc(O)c(Br)c3)CC2)C1. The van der Waals surface area contributed by atoms with Crippen LogP contribution in [0.3, 0.4) is 0 Å². The minimum Gasteiger partial charge on any atom is -0.507 e. The topological polar surface area (TPSA) is 43.8 Å². The number of carbonyl (C=O) groups is 1. The van der Waals surface area contributed by atoms with E-state index in [1.165, 1.54) is 19.5 Å². The number of piperidine rings is 1. The lowest BCUT2D eigenvalue weighted by Gasteiger charge is -2.37. The summed E-state index contributed by atoms with van der Waals surface area (Å²) in [5.41, 5.74) is 1.08. The number of halogens is 1. The summed E-state index contributed by atoms with van der Waals surface area (Å²) in [4.78, 5) is 17.5. The molecule has 2 atom stereocenters. The van der Waals surface area contributed by atoms with Crippen LogP contribution in [0.25, 0.3) is 0 Å². The van der Waals surface area contributed by atoms with Gasteiger partial charge in [-0.1, -0.05) is 19.9 Å². The summed E-state index contributed by atoms with van der Waals surface area (Å²) in [6.07, 6.45) is 4.24. The molecule has 1 aromatic carbocycles. The molecule has 138 valence electrons. The van der Waals surface area contributed by atoms with Gasteiger partial charge in [0.25, 0.3) is 0 Å². The number of amides is 1. The number of phenolic OH excluding ortho intramolecular Hbond substituents is 1. The van der Waals surface area contributed by atoms with Crippen LogP contribution in [0.2, 0.25) is 0 Å². The number of hydrogen-bond donors (Lipinski definition) is 1. The normalized spacial score (nSPS) is 23.8. The average Bonchev–Trinajstić information content (AvgIpc) is 3.04. The highest BCUT2D eigenvalue weighted by Crippen LogP contribution is 2.27.